The number of hydrogen-bond donors (Lipinski definition) is 5. The predicted octanol–water partition coefficient (Wildman–Crippen LogP) is -2.11. The molecule has 0 radical (unpaired) electrons. The molecule has 1 saturated heterocycles. The summed E-state index contributed by atoms with van der Waals surface area (Å²) >= 11 is 0. The monoisotopic (exact) mass is 243 g/mol. The van der Waals surface area contributed by atoms with E-state index in [4.69, 9.17) is 20.3 Å². The zero-order valence-corrected chi connectivity index (χ0v) is 8.82. The Hall–Kier alpha value is -0.0500. The van der Waals surface area contributed by atoms with Gasteiger partial charge in [-0.25, -0.2) is 4.57 Å². The van der Waals surface area contributed by atoms with Gasteiger partial charge in [0, 0.05) is 0 Å². The Morgan fingerprint density at radius 2 is 1.87 bits per heavy atom. The van der Waals surface area contributed by atoms with Crippen molar-refractivity contribution in [3.8, 4) is 0 Å². The molecule has 1 unspecified atom stereocenters. The van der Waals surface area contributed by atoms with Crippen LogP contribution in [0.3, 0.4) is 0 Å². The average Bonchev–Trinajstić information content (AvgIpc) is 2.08. The molecule has 0 aromatic rings. The van der Waals surface area contributed by atoms with Crippen molar-refractivity contribution in [3.63, 3.8) is 0 Å². The number of nitrogens with two attached hydrogens (primary N) is 1. The molecule has 1 aliphatic rings. The van der Waals surface area contributed by atoms with E-state index in [1.807, 2.05) is 0 Å². The molecule has 1 heterocycles. The fourth-order valence-electron chi connectivity index (χ4n) is 1.28. The number of ether oxygens (including phenoxy) is 1. The molecule has 1 fully saturated rings. The number of aliphatic hydroxyl groups excluding tert-OH is 2. The van der Waals surface area contributed by atoms with Gasteiger partial charge in [-0.15, -0.1) is 0 Å². The molecule has 1 aliphatic heterocycles. The van der Waals surface area contributed by atoms with Crippen molar-refractivity contribution < 1.29 is 33.8 Å². The van der Waals surface area contributed by atoms with Gasteiger partial charge in [0.25, 0.3) is 0 Å². The fourth-order valence-corrected chi connectivity index (χ4v) is 1.74. The highest BCUT2D eigenvalue weighted by Gasteiger charge is 2.43. The third-order valence-corrected chi connectivity index (χ3v) is 2.61. The molecule has 0 aromatic carbocycles. The maximum atomic E-state index is 10.5. The number of phosphoric ester groups is 1. The molecule has 0 aromatic heterocycles. The van der Waals surface area contributed by atoms with Gasteiger partial charge in [0.1, 0.15) is 12.2 Å². The Kier molecular flexibility index (Phi) is 3.85. The SMILES string of the molecule is C[C@@H]1OC(OP(=O)(O)O)[C@@H](N)[C@H](O)[C@@H]1O. The molecule has 1 rings (SSSR count). The second-order valence-electron chi connectivity index (χ2n) is 3.36. The molecule has 0 bridgehead atoms. The molecule has 6 N–H and O–H groups in total. The van der Waals surface area contributed by atoms with Gasteiger partial charge in [-0.2, -0.15) is 0 Å². The topological polar surface area (TPSA) is 142 Å². The van der Waals surface area contributed by atoms with E-state index in [2.05, 4.69) is 4.52 Å². The van der Waals surface area contributed by atoms with Crippen LogP contribution in [0.2, 0.25) is 0 Å². The summed E-state index contributed by atoms with van der Waals surface area (Å²) in [6, 6.07) is -1.22. The molecule has 5 atom stereocenters. The van der Waals surface area contributed by atoms with Gasteiger partial charge in [0.15, 0.2) is 6.29 Å². The zero-order chi connectivity index (χ0) is 11.8. The minimum Gasteiger partial charge on any atom is -0.388 e. The second kappa shape index (κ2) is 4.44. The number of rotatable bonds is 2. The minimum absolute atomic E-state index is 0.823. The van der Waals surface area contributed by atoms with Crippen LogP contribution in [0.15, 0.2) is 0 Å². The summed E-state index contributed by atoms with van der Waals surface area (Å²) < 4.78 is 19.7. The first-order valence-electron chi connectivity index (χ1n) is 4.23. The molecule has 8 nitrogen and oxygen atoms in total. The van der Waals surface area contributed by atoms with Crippen molar-refractivity contribution in [3.05, 3.63) is 0 Å². The van der Waals surface area contributed by atoms with Crippen LogP contribution in [-0.4, -0.2) is 50.6 Å². The van der Waals surface area contributed by atoms with E-state index in [0.29, 0.717) is 0 Å². The van der Waals surface area contributed by atoms with E-state index < -0.39 is 38.5 Å². The number of aliphatic hydroxyl groups is 2. The van der Waals surface area contributed by atoms with Crippen molar-refractivity contribution in [1.82, 2.24) is 0 Å². The smallest absolute Gasteiger partial charge is 0.388 e. The first-order valence-corrected chi connectivity index (χ1v) is 5.76. The van der Waals surface area contributed by atoms with Gasteiger partial charge >= 0.3 is 7.82 Å². The summed E-state index contributed by atoms with van der Waals surface area (Å²) in [5, 5.41) is 18.7. The van der Waals surface area contributed by atoms with Crippen LogP contribution in [0.5, 0.6) is 0 Å². The lowest BCUT2D eigenvalue weighted by Crippen LogP contribution is -2.60. The Bertz CT molecular complexity index is 268. The predicted molar refractivity (Wildman–Crippen MR) is 47.5 cm³/mol. The van der Waals surface area contributed by atoms with Crippen LogP contribution < -0.4 is 5.73 Å². The molecule has 0 aliphatic carbocycles. The van der Waals surface area contributed by atoms with Gasteiger partial charge in [-0.05, 0) is 6.92 Å². The van der Waals surface area contributed by atoms with E-state index >= 15 is 0 Å². The summed E-state index contributed by atoms with van der Waals surface area (Å²) in [6.45, 7) is 1.43. The molecule has 0 saturated carbocycles. The maximum Gasteiger partial charge on any atom is 0.471 e. The van der Waals surface area contributed by atoms with E-state index in [1.165, 1.54) is 6.92 Å². The summed E-state index contributed by atoms with van der Waals surface area (Å²) in [5.41, 5.74) is 5.38. The molecule has 0 spiro atoms. The number of phosphoric acid groups is 1. The van der Waals surface area contributed by atoms with Crippen LogP contribution >= 0.6 is 7.82 Å². The highest BCUT2D eigenvalue weighted by molar-refractivity contribution is 7.46. The van der Waals surface area contributed by atoms with E-state index in [1.54, 1.807) is 0 Å². The summed E-state index contributed by atoms with van der Waals surface area (Å²) in [4.78, 5) is 17.1. The van der Waals surface area contributed by atoms with Crippen molar-refractivity contribution in [1.29, 1.82) is 0 Å². The molecule has 90 valence electrons. The highest BCUT2D eigenvalue weighted by atomic mass is 31.2. The molecule has 9 heteroatoms. The fraction of sp³-hybridized carbons (Fsp3) is 1.00. The first-order chi connectivity index (χ1) is 6.72. The van der Waals surface area contributed by atoms with Gasteiger partial charge in [0.2, 0.25) is 0 Å². The van der Waals surface area contributed by atoms with Crippen molar-refractivity contribution in [2.45, 2.75) is 37.6 Å². The Labute approximate surface area is 85.9 Å². The lowest BCUT2D eigenvalue weighted by Gasteiger charge is -2.39. The summed E-state index contributed by atoms with van der Waals surface area (Å²) in [5.74, 6) is 0. The third-order valence-electron chi connectivity index (χ3n) is 2.13. The van der Waals surface area contributed by atoms with Gasteiger partial charge in [-0.3, -0.25) is 4.52 Å². The second-order valence-corrected chi connectivity index (χ2v) is 4.56. The zero-order valence-electron chi connectivity index (χ0n) is 7.92. The van der Waals surface area contributed by atoms with Crippen molar-refractivity contribution in [2.24, 2.45) is 5.73 Å². The van der Waals surface area contributed by atoms with Crippen LogP contribution in [0.1, 0.15) is 6.92 Å². The molecule has 0 amide bonds. The van der Waals surface area contributed by atoms with E-state index in [0.717, 1.165) is 0 Å². The lowest BCUT2D eigenvalue weighted by atomic mass is 9.99. The lowest BCUT2D eigenvalue weighted by molar-refractivity contribution is -0.230. The van der Waals surface area contributed by atoms with Crippen molar-refractivity contribution in [2.75, 3.05) is 0 Å². The third kappa shape index (κ3) is 3.20. The maximum absolute atomic E-state index is 10.5. The van der Waals surface area contributed by atoms with Gasteiger partial charge < -0.3 is 30.5 Å². The van der Waals surface area contributed by atoms with E-state index in [9.17, 15) is 14.8 Å². The van der Waals surface area contributed by atoms with Crippen molar-refractivity contribution >= 4 is 7.82 Å². The standard InChI is InChI=1S/C6H14NO7P/c1-2-4(8)5(9)3(7)6(13-2)14-15(10,11)12/h2-6,8-9H,7H2,1H3,(H2,10,11,12)/t2-,3-,4+,5-,6?/m0/s1. The average molecular weight is 243 g/mol. The van der Waals surface area contributed by atoms with Gasteiger partial charge in [0.05, 0.1) is 12.1 Å². The quantitative estimate of drug-likeness (QED) is 0.347. The number of hydrogen-bond acceptors (Lipinski definition) is 6. The Morgan fingerprint density at radius 1 is 1.33 bits per heavy atom. The summed E-state index contributed by atoms with van der Waals surface area (Å²) in [7, 11) is -4.74. The van der Waals surface area contributed by atoms with Crippen LogP contribution in [0.4, 0.5) is 0 Å². The van der Waals surface area contributed by atoms with Crippen LogP contribution in [0.25, 0.3) is 0 Å². The minimum atomic E-state index is -4.74. The molecular weight excluding hydrogens is 229 g/mol. The summed E-state index contributed by atoms with van der Waals surface area (Å²) in [6.07, 6.45) is -4.84. The van der Waals surface area contributed by atoms with Crippen LogP contribution in [0, 0.1) is 0 Å². The highest BCUT2D eigenvalue weighted by Crippen LogP contribution is 2.40. The molecular formula is C6H14NO7P. The first kappa shape index (κ1) is 13.0. The molecule has 15 heavy (non-hydrogen) atoms. The largest absolute Gasteiger partial charge is 0.471 e. The van der Waals surface area contributed by atoms with Gasteiger partial charge in [-0.1, -0.05) is 0 Å². The Balaban J connectivity index is 2.71. The van der Waals surface area contributed by atoms with E-state index in [-0.39, 0.29) is 0 Å². The normalized spacial score (nSPS) is 42.9. The van der Waals surface area contributed by atoms with Crippen LogP contribution in [-0.2, 0) is 13.8 Å². The Morgan fingerprint density at radius 3 is 2.33 bits per heavy atom.